The van der Waals surface area contributed by atoms with E-state index >= 15 is 0 Å². The molecule has 0 radical (unpaired) electrons. The Bertz CT molecular complexity index is 456. The number of guanidine groups is 1. The highest BCUT2D eigenvalue weighted by Crippen LogP contribution is 2.06. The van der Waals surface area contributed by atoms with Gasteiger partial charge in [-0.15, -0.1) is 0 Å². The van der Waals surface area contributed by atoms with Gasteiger partial charge >= 0.3 is 0 Å². The van der Waals surface area contributed by atoms with Crippen LogP contribution >= 0.6 is 0 Å². The molecular weight excluding hydrogens is 302 g/mol. The summed E-state index contributed by atoms with van der Waals surface area (Å²) in [4.78, 5) is 38.8. The molecule has 0 aromatic carbocycles. The monoisotopic (exact) mass is 327 g/mol. The molecule has 0 bridgehead atoms. The molecule has 1 aliphatic rings. The first-order valence-electron chi connectivity index (χ1n) is 7.55. The standard InChI is InChI=1S/C13H25N7O3/c14-10(21)7-19-11(22)9(4-2-6-18-13(15)16)20-12(23)8-3-1-5-17-8/h8-9,17H,1-7H2,(H2,14,21)(H,19,22)(H,20,23)(H4,15,16,18)/t8-,9-/m0/s1. The molecule has 1 saturated heterocycles. The maximum Gasteiger partial charge on any atom is 0.243 e. The van der Waals surface area contributed by atoms with Gasteiger partial charge in [-0.3, -0.25) is 19.4 Å². The van der Waals surface area contributed by atoms with Crippen molar-refractivity contribution >= 4 is 23.7 Å². The van der Waals surface area contributed by atoms with E-state index in [2.05, 4.69) is 20.9 Å². The molecule has 0 aromatic rings. The highest BCUT2D eigenvalue weighted by molar-refractivity contribution is 5.91. The van der Waals surface area contributed by atoms with Crippen molar-refractivity contribution in [3.63, 3.8) is 0 Å². The molecule has 1 aliphatic heterocycles. The van der Waals surface area contributed by atoms with Crippen LogP contribution in [-0.2, 0) is 14.4 Å². The third kappa shape index (κ3) is 7.45. The van der Waals surface area contributed by atoms with Crippen LogP contribution in [0.2, 0.25) is 0 Å². The molecule has 23 heavy (non-hydrogen) atoms. The van der Waals surface area contributed by atoms with Crippen molar-refractivity contribution in [2.75, 3.05) is 19.6 Å². The third-order valence-corrected chi connectivity index (χ3v) is 3.39. The van der Waals surface area contributed by atoms with E-state index in [0.717, 1.165) is 19.4 Å². The normalized spacial score (nSPS) is 18.0. The number of carbonyl (C=O) groups excluding carboxylic acids is 3. The Kier molecular flexibility index (Phi) is 7.81. The zero-order chi connectivity index (χ0) is 17.2. The Morgan fingerprint density at radius 3 is 2.57 bits per heavy atom. The molecule has 10 heteroatoms. The fraction of sp³-hybridized carbons (Fsp3) is 0.692. The summed E-state index contributed by atoms with van der Waals surface area (Å²) in [5, 5.41) is 8.15. The number of rotatable bonds is 9. The number of primary amides is 1. The molecule has 1 fully saturated rings. The Morgan fingerprint density at radius 2 is 2.00 bits per heavy atom. The summed E-state index contributed by atoms with van der Waals surface area (Å²) in [6, 6.07) is -1.06. The lowest BCUT2D eigenvalue weighted by atomic mass is 10.1. The number of nitrogens with zero attached hydrogens (tertiary/aromatic N) is 1. The molecule has 3 amide bonds. The zero-order valence-electron chi connectivity index (χ0n) is 13.0. The Hall–Kier alpha value is -2.36. The minimum atomic E-state index is -0.765. The first-order chi connectivity index (χ1) is 10.9. The summed E-state index contributed by atoms with van der Waals surface area (Å²) in [5.41, 5.74) is 15.5. The van der Waals surface area contributed by atoms with E-state index in [1.54, 1.807) is 0 Å². The van der Waals surface area contributed by atoms with Crippen LogP contribution in [0.25, 0.3) is 0 Å². The van der Waals surface area contributed by atoms with Crippen molar-refractivity contribution in [3.8, 4) is 0 Å². The molecule has 9 N–H and O–H groups in total. The first-order valence-corrected chi connectivity index (χ1v) is 7.55. The summed E-state index contributed by atoms with van der Waals surface area (Å²) >= 11 is 0. The SMILES string of the molecule is NC(=O)CNC(=O)[C@H](CCCN=C(N)N)NC(=O)[C@@H]1CCCN1. The maximum atomic E-state index is 12.1. The minimum Gasteiger partial charge on any atom is -0.370 e. The van der Waals surface area contributed by atoms with Crippen molar-refractivity contribution < 1.29 is 14.4 Å². The topological polar surface area (TPSA) is 178 Å². The van der Waals surface area contributed by atoms with Crippen molar-refractivity contribution in [2.45, 2.75) is 37.8 Å². The molecule has 0 saturated carbocycles. The van der Waals surface area contributed by atoms with Gasteiger partial charge in [-0.05, 0) is 32.2 Å². The van der Waals surface area contributed by atoms with Gasteiger partial charge in [-0.2, -0.15) is 0 Å². The molecule has 1 rings (SSSR count). The van der Waals surface area contributed by atoms with E-state index in [1.807, 2.05) is 0 Å². The predicted molar refractivity (Wildman–Crippen MR) is 85.1 cm³/mol. The highest BCUT2D eigenvalue weighted by atomic mass is 16.2. The summed E-state index contributed by atoms with van der Waals surface area (Å²) in [7, 11) is 0. The lowest BCUT2D eigenvalue weighted by Crippen LogP contribution is -2.52. The van der Waals surface area contributed by atoms with Crippen LogP contribution in [0.3, 0.4) is 0 Å². The molecule has 2 atom stereocenters. The van der Waals surface area contributed by atoms with Crippen molar-refractivity contribution in [1.29, 1.82) is 0 Å². The number of carbonyl (C=O) groups is 3. The van der Waals surface area contributed by atoms with Crippen LogP contribution < -0.4 is 33.2 Å². The fourth-order valence-electron chi connectivity index (χ4n) is 2.25. The van der Waals surface area contributed by atoms with E-state index in [0.29, 0.717) is 19.4 Å². The summed E-state index contributed by atoms with van der Waals surface area (Å²) in [6.07, 6.45) is 2.50. The van der Waals surface area contributed by atoms with Gasteiger partial charge in [-0.1, -0.05) is 0 Å². The predicted octanol–water partition coefficient (Wildman–Crippen LogP) is -3.12. The molecule has 0 aromatic heterocycles. The molecule has 10 nitrogen and oxygen atoms in total. The maximum absolute atomic E-state index is 12.1. The molecule has 0 unspecified atom stereocenters. The van der Waals surface area contributed by atoms with Crippen LogP contribution in [0.1, 0.15) is 25.7 Å². The number of hydrogen-bond acceptors (Lipinski definition) is 5. The van der Waals surface area contributed by atoms with Gasteiger partial charge in [0.25, 0.3) is 0 Å². The Labute approximate surface area is 134 Å². The fourth-order valence-corrected chi connectivity index (χ4v) is 2.25. The Balaban J connectivity index is 2.55. The average molecular weight is 327 g/mol. The van der Waals surface area contributed by atoms with Gasteiger partial charge in [0.15, 0.2) is 5.96 Å². The van der Waals surface area contributed by atoms with Crippen molar-refractivity contribution in [1.82, 2.24) is 16.0 Å². The molecule has 0 aliphatic carbocycles. The van der Waals surface area contributed by atoms with Gasteiger partial charge < -0.3 is 33.2 Å². The smallest absolute Gasteiger partial charge is 0.243 e. The first kappa shape index (κ1) is 18.7. The van der Waals surface area contributed by atoms with Gasteiger partial charge in [0.2, 0.25) is 17.7 Å². The molecule has 1 heterocycles. The number of aliphatic imine (C=N–C) groups is 1. The van der Waals surface area contributed by atoms with E-state index in [-0.39, 0.29) is 24.5 Å². The van der Waals surface area contributed by atoms with Gasteiger partial charge in [0, 0.05) is 6.54 Å². The van der Waals surface area contributed by atoms with Crippen LogP contribution in [0.15, 0.2) is 4.99 Å². The van der Waals surface area contributed by atoms with Gasteiger partial charge in [0.05, 0.1) is 12.6 Å². The molecular formula is C13H25N7O3. The van der Waals surface area contributed by atoms with Gasteiger partial charge in [0.1, 0.15) is 6.04 Å². The lowest BCUT2D eigenvalue weighted by molar-refractivity contribution is -0.130. The van der Waals surface area contributed by atoms with Gasteiger partial charge in [-0.25, -0.2) is 0 Å². The van der Waals surface area contributed by atoms with Crippen LogP contribution in [0, 0.1) is 0 Å². The number of amides is 3. The number of nitrogens with one attached hydrogen (secondary N) is 3. The summed E-state index contributed by atoms with van der Waals surface area (Å²) in [5.74, 6) is -1.37. The second kappa shape index (κ2) is 9.62. The lowest BCUT2D eigenvalue weighted by Gasteiger charge is -2.20. The van der Waals surface area contributed by atoms with E-state index in [9.17, 15) is 14.4 Å². The average Bonchev–Trinajstić information content (AvgIpc) is 3.01. The third-order valence-electron chi connectivity index (χ3n) is 3.39. The largest absolute Gasteiger partial charge is 0.370 e. The quantitative estimate of drug-likeness (QED) is 0.148. The number of nitrogens with two attached hydrogens (primary N) is 3. The minimum absolute atomic E-state index is 0.0288. The van der Waals surface area contributed by atoms with Crippen LogP contribution in [0.4, 0.5) is 0 Å². The highest BCUT2D eigenvalue weighted by Gasteiger charge is 2.27. The summed E-state index contributed by atoms with van der Waals surface area (Å²) < 4.78 is 0. The molecule has 0 spiro atoms. The van der Waals surface area contributed by atoms with Crippen molar-refractivity contribution in [2.24, 2.45) is 22.2 Å². The zero-order valence-corrected chi connectivity index (χ0v) is 13.0. The van der Waals surface area contributed by atoms with Crippen LogP contribution in [0.5, 0.6) is 0 Å². The van der Waals surface area contributed by atoms with E-state index in [4.69, 9.17) is 17.2 Å². The van der Waals surface area contributed by atoms with Crippen molar-refractivity contribution in [3.05, 3.63) is 0 Å². The molecule has 130 valence electrons. The Morgan fingerprint density at radius 1 is 1.26 bits per heavy atom. The summed E-state index contributed by atoms with van der Waals surface area (Å²) in [6.45, 7) is 0.849. The van der Waals surface area contributed by atoms with E-state index in [1.165, 1.54) is 0 Å². The van der Waals surface area contributed by atoms with Crippen LogP contribution in [-0.4, -0.2) is 55.4 Å². The number of hydrogen-bond donors (Lipinski definition) is 6. The second-order valence-corrected chi connectivity index (χ2v) is 5.34. The van der Waals surface area contributed by atoms with E-state index < -0.39 is 17.9 Å². The second-order valence-electron chi connectivity index (χ2n) is 5.34.